The summed E-state index contributed by atoms with van der Waals surface area (Å²) in [5, 5.41) is 0. The molecular formula is C21H28O3. The van der Waals surface area contributed by atoms with E-state index in [2.05, 4.69) is 19.9 Å². The Morgan fingerprint density at radius 2 is 1.92 bits per heavy atom. The second-order valence-electron chi connectivity index (χ2n) is 9.63. The van der Waals surface area contributed by atoms with E-state index in [9.17, 15) is 9.59 Å². The van der Waals surface area contributed by atoms with Gasteiger partial charge in [0.25, 0.3) is 0 Å². The Labute approximate surface area is 144 Å². The van der Waals surface area contributed by atoms with E-state index in [-0.39, 0.29) is 34.2 Å². The molecule has 130 valence electrons. The summed E-state index contributed by atoms with van der Waals surface area (Å²) in [7, 11) is 0. The van der Waals surface area contributed by atoms with E-state index in [0.717, 1.165) is 18.8 Å². The molecule has 4 fully saturated rings. The monoisotopic (exact) mass is 328 g/mol. The first-order valence-corrected chi connectivity index (χ1v) is 9.75. The minimum Gasteiger partial charge on any atom is -0.462 e. The molecule has 24 heavy (non-hydrogen) atoms. The van der Waals surface area contributed by atoms with Crippen LogP contribution >= 0.6 is 0 Å². The van der Waals surface area contributed by atoms with Crippen molar-refractivity contribution in [2.24, 2.45) is 39.9 Å². The summed E-state index contributed by atoms with van der Waals surface area (Å²) in [6.45, 7) is 6.22. The van der Waals surface area contributed by atoms with Crippen molar-refractivity contribution >= 4 is 11.8 Å². The van der Waals surface area contributed by atoms with E-state index >= 15 is 0 Å². The maximum Gasteiger partial charge on any atom is 0.302 e. The third kappa shape index (κ3) is 1.47. The van der Waals surface area contributed by atoms with E-state index in [1.165, 1.54) is 32.6 Å². The third-order valence-electron chi connectivity index (χ3n) is 9.12. The number of esters is 1. The maximum atomic E-state index is 12.4. The first-order valence-electron chi connectivity index (χ1n) is 9.75. The molecular weight excluding hydrogens is 300 g/mol. The molecule has 5 aliphatic carbocycles. The van der Waals surface area contributed by atoms with Crippen molar-refractivity contribution in [1.82, 2.24) is 0 Å². The van der Waals surface area contributed by atoms with Gasteiger partial charge in [-0.3, -0.25) is 9.59 Å². The van der Waals surface area contributed by atoms with Gasteiger partial charge in [0.15, 0.2) is 5.78 Å². The molecule has 3 nitrogen and oxygen atoms in total. The van der Waals surface area contributed by atoms with Gasteiger partial charge >= 0.3 is 5.97 Å². The van der Waals surface area contributed by atoms with Crippen molar-refractivity contribution in [1.29, 1.82) is 0 Å². The van der Waals surface area contributed by atoms with Crippen LogP contribution in [-0.4, -0.2) is 17.9 Å². The highest BCUT2D eigenvalue weighted by Gasteiger charge is 2.82. The second kappa shape index (κ2) is 4.34. The Morgan fingerprint density at radius 1 is 1.12 bits per heavy atom. The average Bonchev–Trinajstić information content (AvgIpc) is 2.86. The average molecular weight is 328 g/mol. The smallest absolute Gasteiger partial charge is 0.302 e. The minimum atomic E-state index is -0.133. The lowest BCUT2D eigenvalue weighted by Gasteiger charge is -2.47. The summed E-state index contributed by atoms with van der Waals surface area (Å²) < 4.78 is 5.71. The molecule has 5 aliphatic rings. The Morgan fingerprint density at radius 3 is 2.58 bits per heavy atom. The minimum absolute atomic E-state index is 0.105. The summed E-state index contributed by atoms with van der Waals surface area (Å²) in [6, 6.07) is 0. The van der Waals surface area contributed by atoms with Crippen molar-refractivity contribution < 1.29 is 14.3 Å². The lowest BCUT2D eigenvalue weighted by molar-refractivity contribution is -0.155. The molecule has 3 heteroatoms. The maximum absolute atomic E-state index is 12.4. The highest BCUT2D eigenvalue weighted by molar-refractivity contribution is 6.00. The lowest BCUT2D eigenvalue weighted by atomic mass is 9.58. The number of rotatable bonds is 1. The topological polar surface area (TPSA) is 43.4 Å². The van der Waals surface area contributed by atoms with E-state index < -0.39 is 0 Å². The predicted molar refractivity (Wildman–Crippen MR) is 90.0 cm³/mol. The van der Waals surface area contributed by atoms with Crippen LogP contribution in [0.5, 0.6) is 0 Å². The van der Waals surface area contributed by atoms with Gasteiger partial charge in [-0.05, 0) is 67.8 Å². The number of hydrogen-bond donors (Lipinski definition) is 0. The van der Waals surface area contributed by atoms with Crippen molar-refractivity contribution in [3.63, 3.8) is 0 Å². The molecule has 0 aromatic heterocycles. The summed E-state index contributed by atoms with van der Waals surface area (Å²) in [6.07, 6.45) is 11.2. The molecule has 5 rings (SSSR count). The molecule has 0 heterocycles. The fourth-order valence-corrected chi connectivity index (χ4v) is 8.19. The van der Waals surface area contributed by atoms with Gasteiger partial charge in [-0.1, -0.05) is 19.9 Å². The van der Waals surface area contributed by atoms with Crippen molar-refractivity contribution in [3.05, 3.63) is 12.2 Å². The number of allylic oxidation sites excluding steroid dienone is 2. The predicted octanol–water partition coefficient (Wildman–Crippen LogP) is 3.92. The zero-order chi connectivity index (χ0) is 16.9. The van der Waals surface area contributed by atoms with Crippen LogP contribution in [0.4, 0.5) is 0 Å². The zero-order valence-corrected chi connectivity index (χ0v) is 15.0. The standard InChI is InChI=1S/C21H28O3/c1-12(22)24-17-5-4-14-13-6-11-21(15(13)7-9-19(14,17)2)18-16(23)8-10-20(18,21)3/h8,10,13-15,17-18H,4-7,9,11H2,1-3H3. The molecule has 8 atom stereocenters. The molecule has 0 radical (unpaired) electrons. The summed E-state index contributed by atoms with van der Waals surface area (Å²) in [5.41, 5.74) is 0.568. The largest absolute Gasteiger partial charge is 0.462 e. The number of ether oxygens (including phenoxy) is 1. The number of ketones is 1. The highest BCUT2D eigenvalue weighted by atomic mass is 16.5. The Balaban J connectivity index is 1.44. The van der Waals surface area contributed by atoms with Crippen LogP contribution in [0.15, 0.2) is 12.2 Å². The lowest BCUT2D eigenvalue weighted by Crippen LogP contribution is -2.44. The molecule has 0 aromatic rings. The van der Waals surface area contributed by atoms with Gasteiger partial charge in [-0.2, -0.15) is 0 Å². The van der Waals surface area contributed by atoms with Crippen LogP contribution in [-0.2, 0) is 14.3 Å². The van der Waals surface area contributed by atoms with Crippen LogP contribution in [0.1, 0.15) is 59.3 Å². The van der Waals surface area contributed by atoms with Gasteiger partial charge in [-0.25, -0.2) is 0 Å². The Kier molecular flexibility index (Phi) is 2.74. The summed E-state index contributed by atoms with van der Waals surface area (Å²) in [5.74, 6) is 2.63. The summed E-state index contributed by atoms with van der Waals surface area (Å²) in [4.78, 5) is 23.9. The van der Waals surface area contributed by atoms with E-state index in [1.807, 2.05) is 6.08 Å². The molecule has 1 spiro atoms. The highest BCUT2D eigenvalue weighted by Crippen LogP contribution is 2.84. The van der Waals surface area contributed by atoms with Gasteiger partial charge in [0.1, 0.15) is 6.10 Å². The van der Waals surface area contributed by atoms with Crippen LogP contribution in [0.25, 0.3) is 0 Å². The first kappa shape index (κ1) is 15.2. The molecule has 0 amide bonds. The van der Waals surface area contributed by atoms with Crippen molar-refractivity contribution in [2.75, 3.05) is 0 Å². The van der Waals surface area contributed by atoms with E-state index in [0.29, 0.717) is 17.6 Å². The van der Waals surface area contributed by atoms with Gasteiger partial charge in [0.05, 0.1) is 0 Å². The fourth-order valence-electron chi connectivity index (χ4n) is 8.19. The quantitative estimate of drug-likeness (QED) is 0.685. The van der Waals surface area contributed by atoms with Gasteiger partial charge in [0.2, 0.25) is 0 Å². The third-order valence-corrected chi connectivity index (χ3v) is 9.12. The zero-order valence-electron chi connectivity index (χ0n) is 15.0. The number of carbonyl (C=O) groups is 2. The van der Waals surface area contributed by atoms with E-state index in [1.54, 1.807) is 0 Å². The molecule has 4 saturated carbocycles. The normalized spacial score (nSPS) is 57.0. The Hall–Kier alpha value is -1.12. The number of carbonyl (C=O) groups excluding carboxylic acids is 2. The molecule has 0 bridgehead atoms. The first-order chi connectivity index (χ1) is 11.3. The van der Waals surface area contributed by atoms with Crippen LogP contribution in [0.2, 0.25) is 0 Å². The summed E-state index contributed by atoms with van der Waals surface area (Å²) >= 11 is 0. The van der Waals surface area contributed by atoms with Crippen LogP contribution in [0, 0.1) is 39.9 Å². The van der Waals surface area contributed by atoms with E-state index in [4.69, 9.17) is 4.74 Å². The molecule has 0 aromatic carbocycles. The number of fused-ring (bicyclic) bond motifs is 7. The number of hydrogen-bond acceptors (Lipinski definition) is 3. The molecule has 0 saturated heterocycles. The van der Waals surface area contributed by atoms with Crippen molar-refractivity contribution in [2.45, 2.75) is 65.4 Å². The molecule has 8 unspecified atom stereocenters. The van der Waals surface area contributed by atoms with Crippen molar-refractivity contribution in [3.8, 4) is 0 Å². The second-order valence-corrected chi connectivity index (χ2v) is 9.63. The molecule has 0 N–H and O–H groups in total. The Bertz CT molecular complexity index is 666. The molecule has 0 aliphatic heterocycles. The fraction of sp³-hybridized carbons (Fsp3) is 0.810. The SMILES string of the molecule is CC(=O)OC1CCC2C3CCC4(C3CCC12C)C1C(=O)C=CC14C. The van der Waals surface area contributed by atoms with Gasteiger partial charge in [0, 0.05) is 23.7 Å². The van der Waals surface area contributed by atoms with Gasteiger partial charge in [-0.15, -0.1) is 0 Å². The van der Waals surface area contributed by atoms with Crippen LogP contribution in [0.3, 0.4) is 0 Å². The van der Waals surface area contributed by atoms with Gasteiger partial charge < -0.3 is 4.74 Å². The van der Waals surface area contributed by atoms with Crippen LogP contribution < -0.4 is 0 Å².